The summed E-state index contributed by atoms with van der Waals surface area (Å²) < 4.78 is 4.74. The molecule has 68 valence electrons. The van der Waals surface area contributed by atoms with Crippen LogP contribution in [-0.4, -0.2) is 19.1 Å². The summed E-state index contributed by atoms with van der Waals surface area (Å²) in [6.07, 6.45) is 3.51. The first-order chi connectivity index (χ1) is 5.74. The number of ether oxygens (including phenoxy) is 1. The van der Waals surface area contributed by atoms with Gasteiger partial charge in [-0.15, -0.1) is 0 Å². The Balaban J connectivity index is 2.12. The first kappa shape index (κ1) is 8.05. The van der Waals surface area contributed by atoms with Crippen molar-refractivity contribution in [3.8, 4) is 0 Å². The van der Waals surface area contributed by atoms with Gasteiger partial charge in [0.15, 0.2) is 0 Å². The minimum atomic E-state index is -0.102. The molecule has 0 saturated heterocycles. The first-order valence-corrected chi connectivity index (χ1v) is 4.57. The number of esters is 1. The van der Waals surface area contributed by atoms with E-state index in [0.29, 0.717) is 11.8 Å². The number of nitrogens with two attached hydrogens (primary N) is 1. The molecule has 2 aliphatic carbocycles. The van der Waals surface area contributed by atoms with E-state index in [9.17, 15) is 4.79 Å². The van der Waals surface area contributed by atoms with E-state index in [1.54, 1.807) is 0 Å². The van der Waals surface area contributed by atoms with Gasteiger partial charge >= 0.3 is 5.97 Å². The average Bonchev–Trinajstić information content (AvgIpc) is 2.63. The Morgan fingerprint density at radius 2 is 2.08 bits per heavy atom. The van der Waals surface area contributed by atoms with Crippen LogP contribution < -0.4 is 5.73 Å². The molecule has 0 heterocycles. The topological polar surface area (TPSA) is 52.3 Å². The molecule has 2 N–H and O–H groups in total. The van der Waals surface area contributed by atoms with E-state index in [1.165, 1.54) is 13.5 Å². The van der Waals surface area contributed by atoms with Crippen molar-refractivity contribution < 1.29 is 9.53 Å². The Kier molecular flexibility index (Phi) is 1.83. The molecular formula is C9H15NO2. The SMILES string of the molecule is COC(=O)C1C2CCC(C2)C1N. The largest absolute Gasteiger partial charge is 0.469 e. The van der Waals surface area contributed by atoms with E-state index in [2.05, 4.69) is 0 Å². The van der Waals surface area contributed by atoms with Crippen LogP contribution in [0.15, 0.2) is 0 Å². The highest BCUT2D eigenvalue weighted by atomic mass is 16.5. The molecule has 0 aromatic rings. The van der Waals surface area contributed by atoms with Gasteiger partial charge in [0.1, 0.15) is 0 Å². The second-order valence-corrected chi connectivity index (χ2v) is 3.96. The van der Waals surface area contributed by atoms with Gasteiger partial charge in [-0.25, -0.2) is 0 Å². The fourth-order valence-corrected chi connectivity index (χ4v) is 2.82. The van der Waals surface area contributed by atoms with E-state index in [4.69, 9.17) is 10.5 Å². The van der Waals surface area contributed by atoms with E-state index < -0.39 is 0 Å². The predicted octanol–water partition coefficient (Wildman–Crippen LogP) is 0.533. The van der Waals surface area contributed by atoms with Gasteiger partial charge in [-0.1, -0.05) is 0 Å². The highest BCUT2D eigenvalue weighted by Gasteiger charge is 2.49. The highest BCUT2D eigenvalue weighted by Crippen LogP contribution is 2.47. The minimum absolute atomic E-state index is 0.00579. The summed E-state index contributed by atoms with van der Waals surface area (Å²) in [4.78, 5) is 11.3. The van der Waals surface area contributed by atoms with Crippen LogP contribution in [0.1, 0.15) is 19.3 Å². The lowest BCUT2D eigenvalue weighted by molar-refractivity contribution is -0.147. The maximum atomic E-state index is 11.3. The third-order valence-electron chi connectivity index (χ3n) is 3.45. The van der Waals surface area contributed by atoms with Crippen molar-refractivity contribution in [3.63, 3.8) is 0 Å². The van der Waals surface area contributed by atoms with Crippen LogP contribution in [0.2, 0.25) is 0 Å². The third-order valence-corrected chi connectivity index (χ3v) is 3.45. The van der Waals surface area contributed by atoms with Crippen LogP contribution >= 0.6 is 0 Å². The Hall–Kier alpha value is -0.570. The molecule has 3 nitrogen and oxygen atoms in total. The van der Waals surface area contributed by atoms with Crippen LogP contribution in [0.4, 0.5) is 0 Å². The number of fused-ring (bicyclic) bond motifs is 2. The lowest BCUT2D eigenvalue weighted by Crippen LogP contribution is -2.40. The summed E-state index contributed by atoms with van der Waals surface area (Å²) in [6, 6.07) is 0.0659. The third kappa shape index (κ3) is 0.959. The Morgan fingerprint density at radius 3 is 2.58 bits per heavy atom. The Labute approximate surface area is 72.3 Å². The van der Waals surface area contributed by atoms with E-state index in [1.807, 2.05) is 0 Å². The van der Waals surface area contributed by atoms with Crippen molar-refractivity contribution in [1.29, 1.82) is 0 Å². The summed E-state index contributed by atoms with van der Waals surface area (Å²) in [5.41, 5.74) is 5.94. The number of hydrogen-bond acceptors (Lipinski definition) is 3. The average molecular weight is 169 g/mol. The Morgan fingerprint density at radius 1 is 1.42 bits per heavy atom. The molecule has 0 aromatic carbocycles. The van der Waals surface area contributed by atoms with Crippen LogP contribution in [-0.2, 0) is 9.53 Å². The van der Waals surface area contributed by atoms with Gasteiger partial charge < -0.3 is 10.5 Å². The van der Waals surface area contributed by atoms with Gasteiger partial charge in [0.2, 0.25) is 0 Å². The number of rotatable bonds is 1. The Bertz CT molecular complexity index is 203. The summed E-state index contributed by atoms with van der Waals surface area (Å²) in [6.45, 7) is 0. The maximum absolute atomic E-state index is 11.3. The van der Waals surface area contributed by atoms with Crippen molar-refractivity contribution in [2.75, 3.05) is 7.11 Å². The smallest absolute Gasteiger partial charge is 0.310 e. The van der Waals surface area contributed by atoms with Crippen molar-refractivity contribution in [2.45, 2.75) is 25.3 Å². The van der Waals surface area contributed by atoms with Crippen LogP contribution in [0.5, 0.6) is 0 Å². The predicted molar refractivity (Wildman–Crippen MR) is 44.3 cm³/mol. The van der Waals surface area contributed by atoms with E-state index in [0.717, 1.165) is 12.8 Å². The molecule has 2 aliphatic rings. The van der Waals surface area contributed by atoms with E-state index >= 15 is 0 Å². The summed E-state index contributed by atoms with van der Waals surface area (Å²) in [5, 5.41) is 0. The second kappa shape index (κ2) is 2.73. The molecule has 0 spiro atoms. The van der Waals surface area contributed by atoms with Crippen LogP contribution in [0.3, 0.4) is 0 Å². The molecular weight excluding hydrogens is 154 g/mol. The van der Waals surface area contributed by atoms with Crippen LogP contribution in [0.25, 0.3) is 0 Å². The lowest BCUT2D eigenvalue weighted by Gasteiger charge is -2.25. The summed E-state index contributed by atoms with van der Waals surface area (Å²) in [5.74, 6) is 0.986. The van der Waals surface area contributed by atoms with Crippen LogP contribution in [0, 0.1) is 17.8 Å². The van der Waals surface area contributed by atoms with Gasteiger partial charge in [0, 0.05) is 6.04 Å². The molecule has 12 heavy (non-hydrogen) atoms. The molecule has 2 fully saturated rings. The molecule has 0 aromatic heterocycles. The number of methoxy groups -OCH3 is 1. The van der Waals surface area contributed by atoms with Crippen molar-refractivity contribution in [2.24, 2.45) is 23.5 Å². The zero-order valence-corrected chi connectivity index (χ0v) is 7.32. The van der Waals surface area contributed by atoms with Gasteiger partial charge in [0.05, 0.1) is 13.0 Å². The van der Waals surface area contributed by atoms with Gasteiger partial charge in [-0.3, -0.25) is 4.79 Å². The zero-order chi connectivity index (χ0) is 8.72. The molecule has 2 rings (SSSR count). The molecule has 4 atom stereocenters. The molecule has 3 heteroatoms. The maximum Gasteiger partial charge on any atom is 0.310 e. The second-order valence-electron chi connectivity index (χ2n) is 3.96. The van der Waals surface area contributed by atoms with Gasteiger partial charge in [-0.05, 0) is 31.1 Å². The minimum Gasteiger partial charge on any atom is -0.469 e. The fourth-order valence-electron chi connectivity index (χ4n) is 2.82. The highest BCUT2D eigenvalue weighted by molar-refractivity contribution is 5.74. The summed E-state index contributed by atoms with van der Waals surface area (Å²) >= 11 is 0. The molecule has 2 saturated carbocycles. The number of carbonyl (C=O) groups is 1. The fraction of sp³-hybridized carbons (Fsp3) is 0.889. The van der Waals surface area contributed by atoms with E-state index in [-0.39, 0.29) is 17.9 Å². The molecule has 0 radical (unpaired) electrons. The van der Waals surface area contributed by atoms with Gasteiger partial charge in [0.25, 0.3) is 0 Å². The van der Waals surface area contributed by atoms with Crippen molar-refractivity contribution >= 4 is 5.97 Å². The molecule has 0 amide bonds. The normalized spacial score (nSPS) is 44.8. The zero-order valence-electron chi connectivity index (χ0n) is 7.32. The summed E-state index contributed by atoms with van der Waals surface area (Å²) in [7, 11) is 1.45. The van der Waals surface area contributed by atoms with Gasteiger partial charge in [-0.2, -0.15) is 0 Å². The quantitative estimate of drug-likeness (QED) is 0.583. The number of hydrogen-bond donors (Lipinski definition) is 1. The molecule has 0 aliphatic heterocycles. The molecule has 2 bridgehead atoms. The van der Waals surface area contributed by atoms with Crippen molar-refractivity contribution in [3.05, 3.63) is 0 Å². The number of carbonyl (C=O) groups excluding carboxylic acids is 1. The standard InChI is InChI=1S/C9H15NO2/c1-12-9(11)7-5-2-3-6(4-5)8(7)10/h5-8H,2-4,10H2,1H3. The monoisotopic (exact) mass is 169 g/mol. The lowest BCUT2D eigenvalue weighted by atomic mass is 9.85. The molecule has 4 unspecified atom stereocenters. The van der Waals surface area contributed by atoms with Crippen molar-refractivity contribution in [1.82, 2.24) is 0 Å². The first-order valence-electron chi connectivity index (χ1n) is 4.57.